The Morgan fingerprint density at radius 1 is 1.44 bits per heavy atom. The van der Waals surface area contributed by atoms with E-state index in [1.807, 2.05) is 25.1 Å². The molecule has 0 saturated carbocycles. The summed E-state index contributed by atoms with van der Waals surface area (Å²) in [5.74, 6) is 0. The Labute approximate surface area is 117 Å². The van der Waals surface area contributed by atoms with Gasteiger partial charge in [0.2, 0.25) is 0 Å². The maximum atomic E-state index is 11.2. The number of hydrogen-bond acceptors (Lipinski definition) is 4. The number of carbonyl (C=O) groups excluding carboxylic acids is 1. The molecule has 1 aromatic carbocycles. The minimum atomic E-state index is -0.359. The standard InChI is InChI=1S/C13H17NO2S2/c1-3-16-13(15)18-12(17)14-10(2)9-11-7-5-4-6-8-11/h4-8,10H,3,9H2,1-2H3,(H,14,17). The van der Waals surface area contributed by atoms with Crippen LogP contribution in [0.3, 0.4) is 0 Å². The molecule has 0 amide bonds. The monoisotopic (exact) mass is 283 g/mol. The van der Waals surface area contributed by atoms with Crippen molar-refractivity contribution in [2.45, 2.75) is 26.3 Å². The predicted octanol–water partition coefficient (Wildman–Crippen LogP) is 3.38. The topological polar surface area (TPSA) is 38.3 Å². The van der Waals surface area contributed by atoms with Gasteiger partial charge in [0.05, 0.1) is 6.61 Å². The van der Waals surface area contributed by atoms with Gasteiger partial charge in [0.15, 0.2) is 0 Å². The molecule has 0 fully saturated rings. The number of thiocarbonyl (C=S) groups is 1. The van der Waals surface area contributed by atoms with Crippen LogP contribution < -0.4 is 5.32 Å². The van der Waals surface area contributed by atoms with Crippen LogP contribution in [0.4, 0.5) is 4.79 Å². The molecule has 0 aliphatic carbocycles. The van der Waals surface area contributed by atoms with Crippen molar-refractivity contribution >= 4 is 33.6 Å². The minimum Gasteiger partial charge on any atom is -0.458 e. The Morgan fingerprint density at radius 3 is 2.72 bits per heavy atom. The lowest BCUT2D eigenvalue weighted by Crippen LogP contribution is -2.31. The molecule has 3 nitrogen and oxygen atoms in total. The summed E-state index contributed by atoms with van der Waals surface area (Å²) in [5.41, 5.74) is 1.24. The zero-order valence-corrected chi connectivity index (χ0v) is 12.1. The van der Waals surface area contributed by atoms with Crippen LogP contribution in [-0.2, 0) is 11.2 Å². The zero-order chi connectivity index (χ0) is 13.4. The number of ether oxygens (including phenoxy) is 1. The van der Waals surface area contributed by atoms with E-state index in [2.05, 4.69) is 17.4 Å². The van der Waals surface area contributed by atoms with Gasteiger partial charge in [0.25, 0.3) is 0 Å². The van der Waals surface area contributed by atoms with E-state index in [-0.39, 0.29) is 11.3 Å². The molecule has 0 spiro atoms. The largest absolute Gasteiger partial charge is 0.458 e. The Hall–Kier alpha value is -1.07. The minimum absolute atomic E-state index is 0.182. The Balaban J connectivity index is 2.34. The molecule has 0 heterocycles. The van der Waals surface area contributed by atoms with Crippen molar-refractivity contribution in [3.8, 4) is 0 Å². The Morgan fingerprint density at radius 2 is 2.11 bits per heavy atom. The summed E-state index contributed by atoms with van der Waals surface area (Å²) in [6.45, 7) is 4.17. The lowest BCUT2D eigenvalue weighted by atomic mass is 10.1. The van der Waals surface area contributed by atoms with Crippen LogP contribution in [0.1, 0.15) is 19.4 Å². The molecule has 0 aliphatic rings. The van der Waals surface area contributed by atoms with Crippen LogP contribution >= 0.6 is 24.0 Å². The van der Waals surface area contributed by atoms with E-state index in [0.717, 1.165) is 18.2 Å². The molecule has 0 bridgehead atoms. The fourth-order valence-electron chi connectivity index (χ4n) is 1.47. The van der Waals surface area contributed by atoms with Crippen molar-refractivity contribution < 1.29 is 9.53 Å². The Bertz CT molecular complexity index is 395. The smallest absolute Gasteiger partial charge is 0.374 e. The number of hydrogen-bond donors (Lipinski definition) is 1. The van der Waals surface area contributed by atoms with Crippen LogP contribution in [0.5, 0.6) is 0 Å². The van der Waals surface area contributed by atoms with Gasteiger partial charge in [-0.05, 0) is 25.8 Å². The van der Waals surface area contributed by atoms with Crippen LogP contribution in [0.15, 0.2) is 30.3 Å². The van der Waals surface area contributed by atoms with E-state index in [1.54, 1.807) is 6.92 Å². The first-order valence-electron chi connectivity index (χ1n) is 5.80. The quantitative estimate of drug-likeness (QED) is 0.677. The zero-order valence-electron chi connectivity index (χ0n) is 10.5. The number of carbonyl (C=O) groups is 1. The highest BCUT2D eigenvalue weighted by molar-refractivity contribution is 8.32. The number of thioether (sulfide) groups is 1. The van der Waals surface area contributed by atoms with E-state index in [4.69, 9.17) is 17.0 Å². The lowest BCUT2D eigenvalue weighted by molar-refractivity contribution is 0.182. The molecule has 1 aromatic rings. The van der Waals surface area contributed by atoms with Crippen LogP contribution in [0.2, 0.25) is 0 Å². The molecule has 5 heteroatoms. The molecule has 0 aliphatic heterocycles. The van der Waals surface area contributed by atoms with Gasteiger partial charge in [0, 0.05) is 17.8 Å². The molecule has 0 saturated heterocycles. The summed E-state index contributed by atoms with van der Waals surface area (Å²) in [6.07, 6.45) is 0.865. The average molecular weight is 283 g/mol. The maximum Gasteiger partial charge on any atom is 0.374 e. The second-order valence-corrected chi connectivity index (χ2v) is 5.42. The van der Waals surface area contributed by atoms with Crippen molar-refractivity contribution in [2.24, 2.45) is 0 Å². The molecule has 1 rings (SSSR count). The van der Waals surface area contributed by atoms with Gasteiger partial charge >= 0.3 is 5.30 Å². The second kappa shape index (κ2) is 8.11. The summed E-state index contributed by atoms with van der Waals surface area (Å²) in [4.78, 5) is 11.2. The van der Waals surface area contributed by atoms with Crippen molar-refractivity contribution in [2.75, 3.05) is 6.61 Å². The first-order chi connectivity index (χ1) is 8.61. The van der Waals surface area contributed by atoms with Crippen molar-refractivity contribution in [3.05, 3.63) is 35.9 Å². The highest BCUT2D eigenvalue weighted by atomic mass is 32.2. The molecule has 1 N–H and O–H groups in total. The number of benzene rings is 1. The molecule has 1 atom stereocenters. The van der Waals surface area contributed by atoms with Gasteiger partial charge in [-0.3, -0.25) is 0 Å². The second-order valence-electron chi connectivity index (χ2n) is 3.81. The predicted molar refractivity (Wildman–Crippen MR) is 80.0 cm³/mol. The first kappa shape index (κ1) is 15.0. The third kappa shape index (κ3) is 6.02. The molecular weight excluding hydrogens is 266 g/mol. The fraction of sp³-hybridized carbons (Fsp3) is 0.385. The molecule has 0 aromatic heterocycles. The summed E-state index contributed by atoms with van der Waals surface area (Å²) in [5, 5.41) is 2.75. The van der Waals surface area contributed by atoms with Gasteiger partial charge in [-0.1, -0.05) is 42.5 Å². The fourth-order valence-corrected chi connectivity index (χ4v) is 2.47. The Kier molecular flexibility index (Phi) is 6.75. The third-order valence-corrected chi connectivity index (χ3v) is 3.14. The molecule has 98 valence electrons. The number of nitrogens with one attached hydrogen (secondary N) is 1. The van der Waals surface area contributed by atoms with Gasteiger partial charge in [-0.15, -0.1) is 0 Å². The summed E-state index contributed by atoms with van der Waals surface area (Å²) < 4.78 is 5.26. The maximum absolute atomic E-state index is 11.2. The molecule has 1 unspecified atom stereocenters. The van der Waals surface area contributed by atoms with E-state index in [1.165, 1.54) is 5.56 Å². The van der Waals surface area contributed by atoms with Gasteiger partial charge in [0.1, 0.15) is 4.32 Å². The van der Waals surface area contributed by atoms with E-state index in [0.29, 0.717) is 10.9 Å². The lowest BCUT2D eigenvalue weighted by Gasteiger charge is -2.14. The average Bonchev–Trinajstić information content (AvgIpc) is 2.29. The van der Waals surface area contributed by atoms with Crippen molar-refractivity contribution in [1.82, 2.24) is 5.32 Å². The van der Waals surface area contributed by atoms with E-state index in [9.17, 15) is 4.79 Å². The molecular formula is C13H17NO2S2. The van der Waals surface area contributed by atoms with E-state index >= 15 is 0 Å². The van der Waals surface area contributed by atoms with Gasteiger partial charge < -0.3 is 10.1 Å². The van der Waals surface area contributed by atoms with Crippen LogP contribution in [-0.4, -0.2) is 22.3 Å². The SMILES string of the molecule is CCOC(=O)SC(=S)NC(C)Cc1ccccc1. The first-order valence-corrected chi connectivity index (χ1v) is 7.03. The summed E-state index contributed by atoms with van der Waals surface area (Å²) in [6, 6.07) is 10.3. The highest BCUT2D eigenvalue weighted by Crippen LogP contribution is 2.09. The summed E-state index contributed by atoms with van der Waals surface area (Å²) in [7, 11) is 0. The van der Waals surface area contributed by atoms with Crippen molar-refractivity contribution in [3.63, 3.8) is 0 Å². The third-order valence-electron chi connectivity index (χ3n) is 2.19. The molecule has 0 radical (unpaired) electrons. The van der Waals surface area contributed by atoms with Crippen LogP contribution in [0.25, 0.3) is 0 Å². The van der Waals surface area contributed by atoms with Crippen LogP contribution in [0, 0.1) is 0 Å². The molecule has 18 heavy (non-hydrogen) atoms. The van der Waals surface area contributed by atoms with E-state index < -0.39 is 0 Å². The van der Waals surface area contributed by atoms with Crippen molar-refractivity contribution in [1.29, 1.82) is 0 Å². The van der Waals surface area contributed by atoms with Gasteiger partial charge in [-0.2, -0.15) is 0 Å². The highest BCUT2D eigenvalue weighted by Gasteiger charge is 2.10. The normalized spacial score (nSPS) is 11.7. The number of rotatable bonds is 4. The van der Waals surface area contributed by atoms with Gasteiger partial charge in [-0.25, -0.2) is 4.79 Å². The summed E-state index contributed by atoms with van der Waals surface area (Å²) >= 11 is 6.01.